The molecule has 10 heteroatoms. The third kappa shape index (κ3) is 6.69. The fourth-order valence-electron chi connectivity index (χ4n) is 2.45. The zero-order chi connectivity index (χ0) is 22.6. The molecule has 1 N–H and O–H groups in total. The van der Waals surface area contributed by atoms with Crippen molar-refractivity contribution in [2.24, 2.45) is 16.4 Å². The fourth-order valence-corrected chi connectivity index (χ4v) is 6.47. The first-order valence-electron chi connectivity index (χ1n) is 9.73. The topological polar surface area (TPSA) is 100.0 Å². The van der Waals surface area contributed by atoms with Gasteiger partial charge in [0.25, 0.3) is 0 Å². The number of alkyl halides is 1. The summed E-state index contributed by atoms with van der Waals surface area (Å²) in [5.41, 5.74) is 8.17. The fraction of sp³-hybridized carbons (Fsp3) is 0.789. The van der Waals surface area contributed by atoms with E-state index in [1.807, 2.05) is 20.8 Å². The van der Waals surface area contributed by atoms with Crippen molar-refractivity contribution in [3.8, 4) is 0 Å². The Morgan fingerprint density at radius 2 is 1.97 bits per heavy atom. The van der Waals surface area contributed by atoms with Gasteiger partial charge in [-0.2, -0.15) is 0 Å². The highest BCUT2D eigenvalue weighted by molar-refractivity contribution is 7.15. The molecule has 0 saturated carbocycles. The van der Waals surface area contributed by atoms with Crippen LogP contribution in [0.5, 0.6) is 0 Å². The minimum Gasteiger partial charge on any atom is -0.408 e. The van der Waals surface area contributed by atoms with Gasteiger partial charge >= 0.3 is 0 Å². The van der Waals surface area contributed by atoms with Gasteiger partial charge in [-0.15, -0.1) is 11.6 Å². The number of halogens is 1. The van der Waals surface area contributed by atoms with E-state index in [4.69, 9.17) is 21.6 Å². The third-order valence-corrected chi connectivity index (χ3v) is 11.6. The molecule has 0 radical (unpaired) electrons. The summed E-state index contributed by atoms with van der Waals surface area (Å²) in [4.78, 5) is 20.2. The Morgan fingerprint density at radius 3 is 2.45 bits per heavy atom. The summed E-state index contributed by atoms with van der Waals surface area (Å²) in [6.07, 6.45) is 1.21. The van der Waals surface area contributed by atoms with Crippen LogP contribution in [0.1, 0.15) is 59.4 Å². The number of aromatic nitrogens is 1. The van der Waals surface area contributed by atoms with E-state index >= 15 is 0 Å². The van der Waals surface area contributed by atoms with Crippen LogP contribution in [-0.4, -0.2) is 31.1 Å². The number of amides is 1. The van der Waals surface area contributed by atoms with Crippen LogP contribution in [0, 0.1) is 11.3 Å². The first kappa shape index (κ1) is 25.9. The number of hydrogen-bond donors (Lipinski definition) is 1. The Balaban J connectivity index is 3.21. The number of nitrogens with one attached hydrogen (secondary N) is 1. The van der Waals surface area contributed by atoms with Crippen LogP contribution in [0.25, 0.3) is 10.4 Å². The molecule has 2 atom stereocenters. The maximum atomic E-state index is 12.3. The first-order chi connectivity index (χ1) is 13.1. The van der Waals surface area contributed by atoms with Crippen molar-refractivity contribution >= 4 is 42.3 Å². The summed E-state index contributed by atoms with van der Waals surface area (Å²) in [6.45, 7) is 18.8. The van der Waals surface area contributed by atoms with Crippen LogP contribution < -0.4 is 5.32 Å². The average molecular weight is 460 g/mol. The smallest absolute Gasteiger partial charge is 0.231 e. The lowest BCUT2D eigenvalue weighted by molar-refractivity contribution is -0.123. The summed E-state index contributed by atoms with van der Waals surface area (Å²) in [5.74, 6) is 0.321. The molecule has 0 unspecified atom stereocenters. The molecule has 0 spiro atoms. The molecule has 7 nitrogen and oxygen atoms in total. The van der Waals surface area contributed by atoms with Crippen LogP contribution in [-0.2, 0) is 9.22 Å². The van der Waals surface area contributed by atoms with E-state index in [1.165, 1.54) is 11.3 Å². The van der Waals surface area contributed by atoms with Gasteiger partial charge in [-0.1, -0.05) is 64.9 Å². The highest BCUT2D eigenvalue weighted by Gasteiger charge is 2.46. The number of hydrogen-bond acceptors (Lipinski definition) is 5. The summed E-state index contributed by atoms with van der Waals surface area (Å²) >= 11 is 7.95. The molecule has 0 saturated heterocycles. The van der Waals surface area contributed by atoms with Crippen LogP contribution in [0.4, 0.5) is 5.13 Å². The van der Waals surface area contributed by atoms with Crippen molar-refractivity contribution < 1.29 is 9.22 Å². The zero-order valence-corrected chi connectivity index (χ0v) is 21.5. The van der Waals surface area contributed by atoms with Gasteiger partial charge in [-0.3, -0.25) is 4.79 Å². The Bertz CT molecular complexity index is 754. The molecular formula is C19H34ClN5O2SSi. The molecule has 0 aliphatic heterocycles. The molecule has 29 heavy (non-hydrogen) atoms. The molecule has 1 heterocycles. The van der Waals surface area contributed by atoms with Crippen molar-refractivity contribution in [1.82, 2.24) is 4.98 Å². The van der Waals surface area contributed by atoms with Gasteiger partial charge in [0.05, 0.1) is 16.4 Å². The Hall–Kier alpha value is -1.12. The maximum Gasteiger partial charge on any atom is 0.231 e. The largest absolute Gasteiger partial charge is 0.408 e. The molecule has 1 aromatic rings. The van der Waals surface area contributed by atoms with Crippen LogP contribution >= 0.6 is 22.9 Å². The number of thiazole rings is 1. The Kier molecular flexibility index (Phi) is 8.75. The van der Waals surface area contributed by atoms with Gasteiger partial charge in [0.2, 0.25) is 5.91 Å². The molecule has 164 valence electrons. The average Bonchev–Trinajstić information content (AvgIpc) is 3.04. The van der Waals surface area contributed by atoms with Crippen molar-refractivity contribution in [3.63, 3.8) is 0 Å². The van der Waals surface area contributed by atoms with E-state index in [1.54, 1.807) is 6.20 Å². The highest BCUT2D eigenvalue weighted by Crippen LogP contribution is 2.47. The van der Waals surface area contributed by atoms with E-state index in [0.29, 0.717) is 11.0 Å². The summed E-state index contributed by atoms with van der Waals surface area (Å²) in [5, 5.41) is 6.44. The summed E-state index contributed by atoms with van der Waals surface area (Å²) in [6, 6.07) is 0. The van der Waals surface area contributed by atoms with E-state index in [2.05, 4.69) is 61.1 Å². The van der Waals surface area contributed by atoms with E-state index in [0.717, 1.165) is 4.88 Å². The molecule has 0 fully saturated rings. The quantitative estimate of drug-likeness (QED) is 0.145. The highest BCUT2D eigenvalue weighted by atomic mass is 35.5. The van der Waals surface area contributed by atoms with Gasteiger partial charge in [0, 0.05) is 23.1 Å². The van der Waals surface area contributed by atoms with Crippen LogP contribution in [0.2, 0.25) is 18.1 Å². The number of rotatable bonds is 9. The lowest BCUT2D eigenvalue weighted by Gasteiger charge is -2.44. The predicted molar refractivity (Wildman–Crippen MR) is 124 cm³/mol. The van der Waals surface area contributed by atoms with Crippen molar-refractivity contribution in [1.29, 1.82) is 0 Å². The molecule has 1 amide bonds. The maximum absolute atomic E-state index is 12.3. The number of nitrogens with zero attached hydrogens (tertiary/aromatic N) is 4. The van der Waals surface area contributed by atoms with Gasteiger partial charge in [0.15, 0.2) is 13.4 Å². The molecular weight excluding hydrogens is 426 g/mol. The van der Waals surface area contributed by atoms with Crippen molar-refractivity contribution in [2.45, 2.75) is 78.1 Å². The van der Waals surface area contributed by atoms with Crippen LogP contribution in [0.3, 0.4) is 0 Å². The second kappa shape index (κ2) is 9.79. The van der Waals surface area contributed by atoms with Crippen LogP contribution in [0.15, 0.2) is 11.3 Å². The molecule has 0 aromatic carbocycles. The van der Waals surface area contributed by atoms with Gasteiger partial charge in [-0.05, 0) is 29.6 Å². The van der Waals surface area contributed by atoms with Gasteiger partial charge < -0.3 is 9.74 Å². The minimum atomic E-state index is -2.22. The molecule has 0 aliphatic rings. The second-order valence-corrected chi connectivity index (χ2v) is 15.8. The van der Waals surface area contributed by atoms with Crippen molar-refractivity contribution in [2.75, 3.05) is 11.9 Å². The normalized spacial score (nSPS) is 15.0. The minimum absolute atomic E-state index is 0.00563. The third-order valence-electron chi connectivity index (χ3n) is 5.77. The lowest BCUT2D eigenvalue weighted by atomic mass is 9.96. The van der Waals surface area contributed by atoms with E-state index < -0.39 is 25.2 Å². The number of azide groups is 1. The Morgan fingerprint density at radius 1 is 1.38 bits per heavy atom. The summed E-state index contributed by atoms with van der Waals surface area (Å²) in [7, 11) is -2.22. The lowest BCUT2D eigenvalue weighted by Crippen LogP contribution is -2.47. The van der Waals surface area contributed by atoms with E-state index in [-0.39, 0.29) is 17.5 Å². The standard InChI is InChI=1S/C19H34ClN5O2SSi/c1-12(2)19(6,7)29(8,9)27-15(13(20)10-23-25-21)14-11-22-17(28-14)24-16(26)18(3,4)5/h11-13,15H,10H2,1-9H3,(H,22,24,26)/t13-,15+/m0/s1. The predicted octanol–water partition coefficient (Wildman–Crippen LogP) is 6.74. The SMILES string of the molecule is CC(C)C(C)(C)[Si](C)(C)O[C@@H](c1cnc(NC(=O)C(C)(C)C)s1)[C@@H](Cl)CN=[N+]=[N-]. The Labute approximate surface area is 184 Å². The van der Waals surface area contributed by atoms with Crippen molar-refractivity contribution in [3.05, 3.63) is 21.5 Å². The molecule has 1 aromatic heterocycles. The second-order valence-electron chi connectivity index (χ2n) is 9.63. The monoisotopic (exact) mass is 459 g/mol. The number of anilines is 1. The molecule has 0 bridgehead atoms. The van der Waals surface area contributed by atoms with Gasteiger partial charge in [0.1, 0.15) is 0 Å². The number of carbonyl (C=O) groups is 1. The van der Waals surface area contributed by atoms with E-state index in [9.17, 15) is 4.79 Å². The first-order valence-corrected chi connectivity index (χ1v) is 13.9. The molecule has 0 aliphatic carbocycles. The summed E-state index contributed by atoms with van der Waals surface area (Å²) < 4.78 is 6.68. The molecule has 1 rings (SSSR count). The van der Waals surface area contributed by atoms with Gasteiger partial charge in [-0.25, -0.2) is 4.98 Å². The number of carbonyl (C=O) groups excluding carboxylic acids is 1. The zero-order valence-electron chi connectivity index (χ0n) is 18.9.